The highest BCUT2D eigenvalue weighted by atomic mass is 79.9. The minimum Gasteiger partial charge on any atom is -0.421 e. The van der Waals surface area contributed by atoms with Crippen LogP contribution in [0, 0.1) is 5.82 Å². The number of hydrogen-bond donors (Lipinski definition) is 0. The first-order valence-corrected chi connectivity index (χ1v) is 8.85. The Morgan fingerprint density at radius 3 is 2.68 bits per heavy atom. The van der Waals surface area contributed by atoms with Gasteiger partial charge in [-0.3, -0.25) is 0 Å². The van der Waals surface area contributed by atoms with E-state index >= 15 is 0 Å². The highest BCUT2D eigenvalue weighted by Crippen LogP contribution is 2.22. The number of hydrogen-bond acceptors (Lipinski definition) is 3. The van der Waals surface area contributed by atoms with Gasteiger partial charge in [-0.1, -0.05) is 60.1 Å². The van der Waals surface area contributed by atoms with Crippen LogP contribution in [-0.4, -0.2) is 10.2 Å². The topological polar surface area (TPSA) is 38.9 Å². The third-order valence-electron chi connectivity index (χ3n) is 3.86. The largest absolute Gasteiger partial charge is 0.421 e. The maximum Gasteiger partial charge on any atom is 0.240 e. The zero-order chi connectivity index (χ0) is 17.8. The van der Waals surface area contributed by atoms with Crippen molar-refractivity contribution in [1.82, 2.24) is 10.2 Å². The van der Waals surface area contributed by atoms with Crippen LogP contribution in [0.25, 0.3) is 12.2 Å². The second kappa shape index (κ2) is 7.74. The van der Waals surface area contributed by atoms with E-state index in [1.165, 1.54) is 11.6 Å². The van der Waals surface area contributed by atoms with Crippen LogP contribution >= 0.6 is 15.9 Å². The second-order valence-electron chi connectivity index (χ2n) is 6.06. The number of halogens is 2. The molecule has 0 amide bonds. The summed E-state index contributed by atoms with van der Waals surface area (Å²) >= 11 is 3.24. The molecule has 0 aliphatic rings. The quantitative estimate of drug-likeness (QED) is 0.538. The van der Waals surface area contributed by atoms with E-state index in [0.29, 0.717) is 27.7 Å². The third kappa shape index (κ3) is 4.42. The molecular formula is C20H18BrFN2O. The van der Waals surface area contributed by atoms with Gasteiger partial charge in [-0.25, -0.2) is 4.39 Å². The van der Waals surface area contributed by atoms with E-state index in [1.54, 1.807) is 18.2 Å². The van der Waals surface area contributed by atoms with Crippen molar-refractivity contribution < 1.29 is 8.81 Å². The molecule has 0 unspecified atom stereocenters. The summed E-state index contributed by atoms with van der Waals surface area (Å²) < 4.78 is 20.2. The van der Waals surface area contributed by atoms with Crippen molar-refractivity contribution in [3.8, 4) is 0 Å². The van der Waals surface area contributed by atoms with E-state index < -0.39 is 0 Å². The number of rotatable bonds is 5. The van der Waals surface area contributed by atoms with Crippen LogP contribution < -0.4 is 0 Å². The Hall–Kier alpha value is -2.27. The molecule has 0 saturated heterocycles. The van der Waals surface area contributed by atoms with Gasteiger partial charge in [-0.15, -0.1) is 10.2 Å². The van der Waals surface area contributed by atoms with Crippen LogP contribution in [0.3, 0.4) is 0 Å². The van der Waals surface area contributed by atoms with Crippen LogP contribution in [0.5, 0.6) is 0 Å². The lowest BCUT2D eigenvalue weighted by Crippen LogP contribution is -1.92. The van der Waals surface area contributed by atoms with Crippen molar-refractivity contribution in [2.24, 2.45) is 0 Å². The summed E-state index contributed by atoms with van der Waals surface area (Å²) in [5.74, 6) is 0.930. The predicted molar refractivity (Wildman–Crippen MR) is 101 cm³/mol. The standard InChI is InChI=1S/C20H18BrFN2O/c1-13(2)17-6-4-3-5-14(17)8-10-19-23-24-20(25-19)11-15-7-9-16(21)12-18(15)22/h3-10,12-13H,11H2,1-2H3. The lowest BCUT2D eigenvalue weighted by atomic mass is 9.97. The van der Waals surface area contributed by atoms with E-state index in [0.717, 1.165) is 5.56 Å². The molecule has 0 spiro atoms. The van der Waals surface area contributed by atoms with Gasteiger partial charge in [0.05, 0.1) is 6.42 Å². The van der Waals surface area contributed by atoms with Gasteiger partial charge in [-0.05, 0) is 40.8 Å². The first-order valence-electron chi connectivity index (χ1n) is 8.06. The molecule has 25 heavy (non-hydrogen) atoms. The van der Waals surface area contributed by atoms with E-state index in [1.807, 2.05) is 18.2 Å². The minimum absolute atomic E-state index is 0.266. The number of nitrogens with zero attached hydrogens (tertiary/aromatic N) is 2. The molecule has 1 aromatic heterocycles. The Kier molecular flexibility index (Phi) is 5.43. The van der Waals surface area contributed by atoms with Gasteiger partial charge in [0, 0.05) is 10.5 Å². The van der Waals surface area contributed by atoms with E-state index in [9.17, 15) is 4.39 Å². The Bertz CT molecular complexity index is 902. The van der Waals surface area contributed by atoms with E-state index in [-0.39, 0.29) is 12.2 Å². The molecule has 0 bridgehead atoms. The molecule has 3 nitrogen and oxygen atoms in total. The molecular weight excluding hydrogens is 383 g/mol. The molecule has 3 rings (SSSR count). The van der Waals surface area contributed by atoms with Gasteiger partial charge in [0.2, 0.25) is 11.8 Å². The van der Waals surface area contributed by atoms with Crippen LogP contribution in [0.1, 0.15) is 48.2 Å². The number of benzene rings is 2. The van der Waals surface area contributed by atoms with Crippen molar-refractivity contribution in [1.29, 1.82) is 0 Å². The summed E-state index contributed by atoms with van der Waals surface area (Å²) in [6.45, 7) is 4.31. The lowest BCUT2D eigenvalue weighted by Gasteiger charge is -2.08. The molecule has 3 aromatic rings. The van der Waals surface area contributed by atoms with Gasteiger partial charge in [0.1, 0.15) is 5.82 Å². The average molecular weight is 401 g/mol. The maximum absolute atomic E-state index is 13.9. The summed E-state index contributed by atoms with van der Waals surface area (Å²) in [5.41, 5.74) is 2.90. The highest BCUT2D eigenvalue weighted by Gasteiger charge is 2.10. The van der Waals surface area contributed by atoms with Crippen molar-refractivity contribution in [2.75, 3.05) is 0 Å². The van der Waals surface area contributed by atoms with Crippen molar-refractivity contribution in [3.05, 3.63) is 81.2 Å². The fraction of sp³-hybridized carbons (Fsp3) is 0.200. The first-order chi connectivity index (χ1) is 12.0. The van der Waals surface area contributed by atoms with Crippen LogP contribution in [0.15, 0.2) is 51.4 Å². The Balaban J connectivity index is 1.76. The highest BCUT2D eigenvalue weighted by molar-refractivity contribution is 9.10. The van der Waals surface area contributed by atoms with E-state index in [2.05, 4.69) is 52.1 Å². The SMILES string of the molecule is CC(C)c1ccccc1C=Cc1nnc(Cc2ccc(Br)cc2F)o1. The Labute approximate surface area is 154 Å². The van der Waals surface area contributed by atoms with Gasteiger partial charge < -0.3 is 4.42 Å². The normalized spacial score (nSPS) is 11.6. The summed E-state index contributed by atoms with van der Waals surface area (Å²) in [7, 11) is 0. The Morgan fingerprint density at radius 2 is 1.92 bits per heavy atom. The lowest BCUT2D eigenvalue weighted by molar-refractivity contribution is 0.491. The smallest absolute Gasteiger partial charge is 0.240 e. The minimum atomic E-state index is -0.296. The molecule has 128 valence electrons. The van der Waals surface area contributed by atoms with Gasteiger partial charge in [-0.2, -0.15) is 0 Å². The predicted octanol–water partition coefficient (Wildman–Crippen LogP) is 5.86. The molecule has 0 saturated carbocycles. The van der Waals surface area contributed by atoms with Gasteiger partial charge >= 0.3 is 0 Å². The molecule has 5 heteroatoms. The maximum atomic E-state index is 13.9. The molecule has 1 heterocycles. The fourth-order valence-corrected chi connectivity index (χ4v) is 2.92. The molecule has 0 fully saturated rings. The average Bonchev–Trinajstić information content (AvgIpc) is 3.03. The van der Waals surface area contributed by atoms with E-state index in [4.69, 9.17) is 4.42 Å². The molecule has 0 radical (unpaired) electrons. The fourth-order valence-electron chi connectivity index (χ4n) is 2.58. The molecule has 0 aliphatic carbocycles. The summed E-state index contributed by atoms with van der Waals surface area (Å²) in [6.07, 6.45) is 4.02. The Morgan fingerprint density at radius 1 is 1.12 bits per heavy atom. The molecule has 0 N–H and O–H groups in total. The van der Waals surface area contributed by atoms with Crippen LogP contribution in [0.2, 0.25) is 0 Å². The molecule has 0 atom stereocenters. The molecule has 2 aromatic carbocycles. The van der Waals surface area contributed by atoms with Crippen LogP contribution in [-0.2, 0) is 6.42 Å². The van der Waals surface area contributed by atoms with Gasteiger partial charge in [0.15, 0.2) is 0 Å². The number of aromatic nitrogens is 2. The van der Waals surface area contributed by atoms with Crippen molar-refractivity contribution >= 4 is 28.1 Å². The summed E-state index contributed by atoms with van der Waals surface area (Å²) in [6, 6.07) is 13.1. The van der Waals surface area contributed by atoms with Crippen molar-refractivity contribution in [2.45, 2.75) is 26.2 Å². The van der Waals surface area contributed by atoms with Crippen LogP contribution in [0.4, 0.5) is 4.39 Å². The summed E-state index contributed by atoms with van der Waals surface area (Å²) in [4.78, 5) is 0. The monoisotopic (exact) mass is 400 g/mol. The zero-order valence-corrected chi connectivity index (χ0v) is 15.6. The van der Waals surface area contributed by atoms with Crippen molar-refractivity contribution in [3.63, 3.8) is 0 Å². The first kappa shape index (κ1) is 17.5. The third-order valence-corrected chi connectivity index (χ3v) is 4.36. The second-order valence-corrected chi connectivity index (χ2v) is 6.98. The molecule has 0 aliphatic heterocycles. The zero-order valence-electron chi connectivity index (χ0n) is 14.0. The van der Waals surface area contributed by atoms with Gasteiger partial charge in [0.25, 0.3) is 0 Å². The summed E-state index contributed by atoms with van der Waals surface area (Å²) in [5, 5.41) is 8.01.